The third kappa shape index (κ3) is 2.50. The zero-order valence-electron chi connectivity index (χ0n) is 10.7. The Hall–Kier alpha value is 0.230. The van der Waals surface area contributed by atoms with Gasteiger partial charge >= 0.3 is 0 Å². The third-order valence-electron chi connectivity index (χ3n) is 3.36. The molecule has 2 rings (SSSR count). The van der Waals surface area contributed by atoms with Crippen molar-refractivity contribution in [2.24, 2.45) is 0 Å². The first-order valence-electron chi connectivity index (χ1n) is 6.14. The Balaban J connectivity index is 2.65. The molecule has 0 bridgehead atoms. The van der Waals surface area contributed by atoms with E-state index in [4.69, 9.17) is 12.2 Å². The van der Waals surface area contributed by atoms with E-state index in [1.165, 1.54) is 22.2 Å². The van der Waals surface area contributed by atoms with Crippen LogP contribution in [0.15, 0.2) is 0 Å². The molecule has 94 valence electrons. The summed E-state index contributed by atoms with van der Waals surface area (Å²) in [7, 11) is 0. The summed E-state index contributed by atoms with van der Waals surface area (Å²) in [4.78, 5) is 3.13. The first kappa shape index (κ1) is 13.7. The SMILES string of the molecule is CCC(C)c1sc(C(C)CC)c2sc(=S)sc12. The molecule has 2 unspecified atom stereocenters. The summed E-state index contributed by atoms with van der Waals surface area (Å²) in [6.07, 6.45) is 2.43. The maximum atomic E-state index is 5.37. The van der Waals surface area contributed by atoms with Crippen molar-refractivity contribution >= 4 is 55.6 Å². The van der Waals surface area contributed by atoms with Crippen LogP contribution in [0.2, 0.25) is 0 Å². The summed E-state index contributed by atoms with van der Waals surface area (Å²) in [5, 5.41) is 0. The van der Waals surface area contributed by atoms with Crippen molar-refractivity contribution in [2.75, 3.05) is 0 Å². The Kier molecular flexibility index (Phi) is 4.40. The van der Waals surface area contributed by atoms with Crippen molar-refractivity contribution in [3.63, 3.8) is 0 Å². The Labute approximate surface area is 120 Å². The molecule has 4 heteroatoms. The van der Waals surface area contributed by atoms with Crippen LogP contribution < -0.4 is 0 Å². The molecule has 0 aromatic carbocycles. The number of hydrogen-bond donors (Lipinski definition) is 0. The summed E-state index contributed by atoms with van der Waals surface area (Å²) in [5.41, 5.74) is 0. The molecule has 0 aliphatic rings. The van der Waals surface area contributed by atoms with Crippen molar-refractivity contribution in [1.29, 1.82) is 0 Å². The molecule has 2 heterocycles. The maximum Gasteiger partial charge on any atom is 0.144 e. The largest absolute Gasteiger partial charge is 0.144 e. The van der Waals surface area contributed by atoms with Crippen LogP contribution in [-0.2, 0) is 0 Å². The van der Waals surface area contributed by atoms with E-state index in [0.29, 0.717) is 11.8 Å². The lowest BCUT2D eigenvalue weighted by atomic mass is 10.1. The van der Waals surface area contributed by atoms with Crippen molar-refractivity contribution in [3.05, 3.63) is 12.9 Å². The van der Waals surface area contributed by atoms with Crippen LogP contribution in [0.3, 0.4) is 0 Å². The molecular weight excluding hydrogens is 284 g/mol. The Morgan fingerprint density at radius 3 is 1.65 bits per heavy atom. The zero-order valence-corrected chi connectivity index (χ0v) is 14.0. The molecule has 0 fully saturated rings. The van der Waals surface area contributed by atoms with E-state index >= 15 is 0 Å². The smallest absolute Gasteiger partial charge is 0.142 e. The summed E-state index contributed by atoms with van der Waals surface area (Å²) in [5.74, 6) is 1.33. The highest BCUT2D eigenvalue weighted by molar-refractivity contribution is 7.77. The van der Waals surface area contributed by atoms with Gasteiger partial charge in [-0.15, -0.1) is 34.0 Å². The van der Waals surface area contributed by atoms with E-state index in [1.807, 2.05) is 34.0 Å². The normalized spacial score (nSPS) is 15.3. The van der Waals surface area contributed by atoms with Crippen LogP contribution in [0, 0.1) is 3.14 Å². The summed E-state index contributed by atoms with van der Waals surface area (Å²) >= 11 is 11.0. The van der Waals surface area contributed by atoms with Crippen LogP contribution in [0.1, 0.15) is 62.1 Å². The highest BCUT2D eigenvalue weighted by atomic mass is 32.2. The second kappa shape index (κ2) is 5.47. The van der Waals surface area contributed by atoms with Crippen molar-refractivity contribution in [2.45, 2.75) is 52.4 Å². The fourth-order valence-corrected chi connectivity index (χ4v) is 6.59. The average molecular weight is 303 g/mol. The first-order chi connectivity index (χ1) is 8.08. The molecule has 0 saturated heterocycles. The van der Waals surface area contributed by atoms with Crippen LogP contribution in [-0.4, -0.2) is 0 Å². The second-order valence-corrected chi connectivity index (χ2v) is 8.87. The minimum atomic E-state index is 0.667. The molecule has 0 N–H and O–H groups in total. The van der Waals surface area contributed by atoms with Gasteiger partial charge in [-0.2, -0.15) is 0 Å². The topological polar surface area (TPSA) is 0 Å². The lowest BCUT2D eigenvalue weighted by molar-refractivity contribution is 0.749. The highest BCUT2D eigenvalue weighted by Gasteiger charge is 2.20. The quantitative estimate of drug-likeness (QED) is 0.561. The van der Waals surface area contributed by atoms with E-state index in [0.717, 1.165) is 3.14 Å². The lowest BCUT2D eigenvalue weighted by Gasteiger charge is -2.06. The minimum Gasteiger partial charge on any atom is -0.142 e. The fourth-order valence-electron chi connectivity index (χ4n) is 1.84. The third-order valence-corrected chi connectivity index (χ3v) is 7.99. The van der Waals surface area contributed by atoms with E-state index in [2.05, 4.69) is 27.7 Å². The van der Waals surface area contributed by atoms with Gasteiger partial charge in [0.15, 0.2) is 0 Å². The molecule has 0 nitrogen and oxygen atoms in total. The molecule has 2 atom stereocenters. The number of fused-ring (bicyclic) bond motifs is 1. The standard InChI is InChI=1S/C13H18S4/c1-5-7(3)9-11-12(17-13(14)16-11)10(15-9)8(4)6-2/h7-8H,5-6H2,1-4H3. The Morgan fingerprint density at radius 2 is 1.29 bits per heavy atom. The molecule has 0 spiro atoms. The fraction of sp³-hybridized carbons (Fsp3) is 0.615. The van der Waals surface area contributed by atoms with Crippen molar-refractivity contribution < 1.29 is 0 Å². The molecular formula is C13H18S4. The van der Waals surface area contributed by atoms with Crippen LogP contribution >= 0.6 is 46.2 Å². The first-order valence-corrected chi connectivity index (χ1v) is 9.00. The summed E-state index contributed by atoms with van der Waals surface area (Å²) in [6.45, 7) is 9.20. The summed E-state index contributed by atoms with van der Waals surface area (Å²) < 4.78 is 4.04. The Morgan fingerprint density at radius 1 is 0.882 bits per heavy atom. The molecule has 0 aliphatic heterocycles. The number of thiophene rings is 1. The molecule has 2 aromatic heterocycles. The van der Waals surface area contributed by atoms with Gasteiger partial charge in [0.1, 0.15) is 3.14 Å². The van der Waals surface area contributed by atoms with Crippen molar-refractivity contribution in [1.82, 2.24) is 0 Å². The summed E-state index contributed by atoms with van der Waals surface area (Å²) in [6, 6.07) is 0. The number of hydrogen-bond acceptors (Lipinski definition) is 4. The van der Waals surface area contributed by atoms with E-state index in [-0.39, 0.29) is 0 Å². The van der Waals surface area contributed by atoms with Gasteiger partial charge in [-0.3, -0.25) is 0 Å². The molecule has 0 amide bonds. The van der Waals surface area contributed by atoms with Crippen LogP contribution in [0.4, 0.5) is 0 Å². The molecule has 0 saturated carbocycles. The minimum absolute atomic E-state index is 0.667. The van der Waals surface area contributed by atoms with E-state index in [1.54, 1.807) is 9.75 Å². The monoisotopic (exact) mass is 302 g/mol. The Bertz CT molecular complexity index is 512. The molecule has 0 aliphatic carbocycles. The molecule has 2 aromatic rings. The molecule has 0 radical (unpaired) electrons. The van der Waals surface area contributed by atoms with Crippen LogP contribution in [0.5, 0.6) is 0 Å². The van der Waals surface area contributed by atoms with Gasteiger partial charge in [0.2, 0.25) is 0 Å². The van der Waals surface area contributed by atoms with Gasteiger partial charge in [0.25, 0.3) is 0 Å². The van der Waals surface area contributed by atoms with Gasteiger partial charge in [-0.25, -0.2) is 0 Å². The zero-order chi connectivity index (χ0) is 12.6. The highest BCUT2D eigenvalue weighted by Crippen LogP contribution is 2.46. The second-order valence-electron chi connectivity index (χ2n) is 4.56. The lowest BCUT2D eigenvalue weighted by Crippen LogP contribution is -1.86. The van der Waals surface area contributed by atoms with Crippen LogP contribution in [0.25, 0.3) is 9.40 Å². The molecule has 17 heavy (non-hydrogen) atoms. The van der Waals surface area contributed by atoms with Gasteiger partial charge in [0.05, 0.1) is 9.40 Å². The van der Waals surface area contributed by atoms with Gasteiger partial charge in [-0.1, -0.05) is 39.9 Å². The van der Waals surface area contributed by atoms with E-state index < -0.39 is 0 Å². The average Bonchev–Trinajstić information content (AvgIpc) is 2.84. The van der Waals surface area contributed by atoms with E-state index in [9.17, 15) is 0 Å². The predicted octanol–water partition coefficient (Wildman–Crippen LogP) is 6.78. The number of rotatable bonds is 4. The van der Waals surface area contributed by atoms with Gasteiger partial charge in [0, 0.05) is 9.75 Å². The van der Waals surface area contributed by atoms with Gasteiger partial charge in [-0.05, 0) is 24.7 Å². The predicted molar refractivity (Wildman–Crippen MR) is 85.8 cm³/mol. The van der Waals surface area contributed by atoms with Crippen molar-refractivity contribution in [3.8, 4) is 0 Å². The van der Waals surface area contributed by atoms with Gasteiger partial charge < -0.3 is 0 Å². The maximum absolute atomic E-state index is 5.37.